The Morgan fingerprint density at radius 3 is 0.721 bits per heavy atom. The maximum absolute atomic E-state index is 6.57. The van der Waals surface area contributed by atoms with E-state index in [1.165, 1.54) is 194 Å². The molecule has 22 aromatic carbocycles. The van der Waals surface area contributed by atoms with Crippen LogP contribution in [0.2, 0.25) is 0 Å². The second kappa shape index (κ2) is 32.8. The fraction of sp³-hybridized carbons (Fsp3) is 0.105. The summed E-state index contributed by atoms with van der Waals surface area (Å²) >= 11 is 0. The smallest absolute Gasteiger partial charge is 0.143 e. The molecule has 0 atom stereocenters. The molecule has 0 amide bonds. The number of fused-ring (bicyclic) bond motifs is 23. The molecule has 0 saturated carbocycles. The standard InChI is InChI=1S/C73H55NO.C70H51NO/c1-71(2)63-38-48(44-15-8-7-9-16-44)25-31-55(63)58-34-28-51(41-66(58)71)74(52-29-35-59-56-32-26-49(39-64(56)72(3,4)67(59)42-52)47-24-23-45-17-10-11-18-46(45)37-47)53-30-36-60-57-33-27-50(40-65(57)73(5,6)68(60)43-53)54-20-14-21-62-61-19-12-13-22-69(61)75-70(54)62;1-69(2)63-40-51(44-13-6-5-7-14-44)29-35-57(63)59-37-33-54(42-65(59)69)71(53-31-27-47(28-32-53)46-21-24-48(25-22-46)56-18-12-19-62-61-17-10-11-20-67(61)72-68(56)62)55-34-38-60-58-36-30-52(41-64(58)70(3,4)66(60)43-55)50-26-23-45-15-8-9-16-49(45)39-50/h7-43H,1-6H3;5-43H,1-4H3. The third kappa shape index (κ3) is 13.8. The van der Waals surface area contributed by atoms with E-state index in [-0.39, 0.29) is 27.1 Å². The van der Waals surface area contributed by atoms with Crippen LogP contribution in [0.4, 0.5) is 34.1 Å². The lowest BCUT2D eigenvalue weighted by Gasteiger charge is -2.31. The first-order valence-corrected chi connectivity index (χ1v) is 51.8. The Kier molecular flexibility index (Phi) is 19.5. The van der Waals surface area contributed by atoms with Gasteiger partial charge in [0.05, 0.1) is 0 Å². The van der Waals surface area contributed by atoms with Crippen LogP contribution in [-0.2, 0) is 27.1 Å². The third-order valence-electron chi connectivity index (χ3n) is 33.7. The van der Waals surface area contributed by atoms with Gasteiger partial charge in [0.2, 0.25) is 0 Å². The van der Waals surface area contributed by atoms with Gasteiger partial charge in [-0.2, -0.15) is 0 Å². The number of nitrogens with zero attached hydrogens (tertiary/aromatic N) is 2. The first kappa shape index (κ1) is 87.4. The molecule has 0 bridgehead atoms. The minimum absolute atomic E-state index is 0.201. The third-order valence-corrected chi connectivity index (χ3v) is 33.7. The fourth-order valence-electron chi connectivity index (χ4n) is 25.7. The predicted octanol–water partition coefficient (Wildman–Crippen LogP) is 39.6. The van der Waals surface area contributed by atoms with E-state index in [0.717, 1.165) is 94.7 Å². The van der Waals surface area contributed by atoms with Gasteiger partial charge >= 0.3 is 0 Å². The van der Waals surface area contributed by atoms with Crippen LogP contribution in [0.1, 0.15) is 125 Å². The molecule has 700 valence electrons. The summed E-state index contributed by atoms with van der Waals surface area (Å²) in [4.78, 5) is 5.00. The minimum Gasteiger partial charge on any atom is -0.455 e. The molecule has 0 radical (unpaired) electrons. The molecular weight excluding hydrogens is 1780 g/mol. The number of furan rings is 2. The summed E-state index contributed by atoms with van der Waals surface area (Å²) in [6, 6.07) is 171. The van der Waals surface area contributed by atoms with Crippen molar-refractivity contribution in [3.8, 4) is 134 Å². The summed E-state index contributed by atoms with van der Waals surface area (Å²) in [5, 5.41) is 9.64. The average molecular weight is 1880 g/mol. The van der Waals surface area contributed by atoms with Crippen molar-refractivity contribution in [3.05, 3.63) is 517 Å². The van der Waals surface area contributed by atoms with Crippen molar-refractivity contribution in [1.29, 1.82) is 0 Å². The van der Waals surface area contributed by atoms with Crippen LogP contribution in [0.3, 0.4) is 0 Å². The normalized spacial score (nSPS) is 14.3. The summed E-state index contributed by atoms with van der Waals surface area (Å²) in [5.74, 6) is 0. The Balaban J connectivity index is 0.000000142. The molecule has 0 fully saturated rings. The Bertz CT molecular complexity index is 9630. The van der Waals surface area contributed by atoms with E-state index in [1.807, 2.05) is 18.2 Å². The molecule has 24 aromatic rings. The highest BCUT2D eigenvalue weighted by atomic mass is 16.3. The second-order valence-corrected chi connectivity index (χ2v) is 43.8. The van der Waals surface area contributed by atoms with E-state index in [4.69, 9.17) is 8.83 Å². The van der Waals surface area contributed by atoms with Gasteiger partial charge in [0.1, 0.15) is 22.3 Å². The zero-order valence-electron chi connectivity index (χ0n) is 84.1. The zero-order valence-corrected chi connectivity index (χ0v) is 84.1. The lowest BCUT2D eigenvalue weighted by atomic mass is 9.80. The molecule has 4 nitrogen and oxygen atoms in total. The van der Waals surface area contributed by atoms with Gasteiger partial charge in [0.25, 0.3) is 0 Å². The molecule has 29 rings (SSSR count). The number of rotatable bonds is 13. The van der Waals surface area contributed by atoms with E-state index >= 15 is 0 Å². The minimum atomic E-state index is -0.271. The van der Waals surface area contributed by atoms with Gasteiger partial charge in [0.15, 0.2) is 0 Å². The molecule has 147 heavy (non-hydrogen) atoms. The first-order valence-electron chi connectivity index (χ1n) is 51.8. The van der Waals surface area contributed by atoms with Crippen molar-refractivity contribution >= 4 is 99.5 Å². The monoisotopic (exact) mass is 1880 g/mol. The van der Waals surface area contributed by atoms with Gasteiger partial charge in [-0.1, -0.05) is 403 Å². The predicted molar refractivity (Wildman–Crippen MR) is 618 cm³/mol. The van der Waals surface area contributed by atoms with Crippen LogP contribution in [0, 0.1) is 0 Å². The molecule has 0 aliphatic heterocycles. The lowest BCUT2D eigenvalue weighted by molar-refractivity contribution is 0.659. The quantitative estimate of drug-likeness (QED) is 0.115. The average Bonchev–Trinajstić information content (AvgIpc) is 1.71. The Labute approximate surface area is 858 Å². The van der Waals surface area contributed by atoms with Crippen LogP contribution in [0.15, 0.2) is 470 Å². The fourth-order valence-corrected chi connectivity index (χ4v) is 25.7. The SMILES string of the molecule is CC1(C)c2cc(-c3ccccc3)ccc2-c2ccc(N(c3ccc(-c4ccc(-c5cccc6c5oc5ccccc56)cc4)cc3)c3ccc4c(c3)C(C)(C)c3cc(-c5ccc6ccccc6c5)ccc3-4)cc21.CC1(C)c2cc(-c3ccccc3)ccc2-c2ccc(N(c3ccc4c(c3)C(C)(C)c3cc(-c5ccc6ccccc6c5)ccc3-4)c3ccc4c(c3)C(C)(C)c3cc(-c5cccc6c5oc5ccccc56)ccc3-4)cc21. The molecular formula is C143H106N2O2. The molecule has 5 aliphatic carbocycles. The number of para-hydroxylation sites is 4. The highest BCUT2D eigenvalue weighted by molar-refractivity contribution is 6.12. The Hall–Kier alpha value is -17.4. The maximum Gasteiger partial charge on any atom is 0.143 e. The van der Waals surface area contributed by atoms with Gasteiger partial charge in [-0.05, 0) is 327 Å². The molecule has 5 aliphatic rings. The van der Waals surface area contributed by atoms with Gasteiger partial charge in [-0.3, -0.25) is 0 Å². The van der Waals surface area contributed by atoms with E-state index in [1.54, 1.807) is 0 Å². The van der Waals surface area contributed by atoms with E-state index in [2.05, 4.69) is 522 Å². The van der Waals surface area contributed by atoms with Crippen LogP contribution in [0.5, 0.6) is 0 Å². The van der Waals surface area contributed by atoms with Crippen molar-refractivity contribution in [2.75, 3.05) is 9.80 Å². The van der Waals surface area contributed by atoms with Gasteiger partial charge in [-0.15, -0.1) is 0 Å². The topological polar surface area (TPSA) is 32.8 Å². The van der Waals surface area contributed by atoms with Crippen LogP contribution >= 0.6 is 0 Å². The van der Waals surface area contributed by atoms with Crippen molar-refractivity contribution in [3.63, 3.8) is 0 Å². The van der Waals surface area contributed by atoms with Gasteiger partial charge in [-0.25, -0.2) is 0 Å². The molecule has 2 heterocycles. The molecule has 0 spiro atoms. The second-order valence-electron chi connectivity index (χ2n) is 43.8. The molecule has 2 aromatic heterocycles. The van der Waals surface area contributed by atoms with Crippen molar-refractivity contribution < 1.29 is 8.83 Å². The lowest BCUT2D eigenvalue weighted by Crippen LogP contribution is -2.19. The van der Waals surface area contributed by atoms with Crippen LogP contribution in [0.25, 0.3) is 199 Å². The summed E-state index contributed by atoms with van der Waals surface area (Å²) in [6.07, 6.45) is 0. The highest BCUT2D eigenvalue weighted by Crippen LogP contribution is 2.60. The van der Waals surface area contributed by atoms with Crippen LogP contribution < -0.4 is 9.80 Å². The summed E-state index contributed by atoms with van der Waals surface area (Å²) in [5.41, 5.74) is 52.8. The first-order chi connectivity index (χ1) is 71.6. The summed E-state index contributed by atoms with van der Waals surface area (Å²) < 4.78 is 13.0. The van der Waals surface area contributed by atoms with E-state index in [0.29, 0.717) is 0 Å². The zero-order chi connectivity index (χ0) is 98.8. The molecule has 0 saturated heterocycles. The van der Waals surface area contributed by atoms with Crippen molar-refractivity contribution in [2.45, 2.75) is 96.3 Å². The van der Waals surface area contributed by atoms with Gasteiger partial charge < -0.3 is 18.6 Å². The summed E-state index contributed by atoms with van der Waals surface area (Å²) in [6.45, 7) is 24.0. The number of hydrogen-bond donors (Lipinski definition) is 0. The van der Waals surface area contributed by atoms with E-state index in [9.17, 15) is 0 Å². The molecule has 4 heteroatoms. The summed E-state index contributed by atoms with van der Waals surface area (Å²) in [7, 11) is 0. The molecule has 0 unspecified atom stereocenters. The molecule has 0 N–H and O–H groups in total. The van der Waals surface area contributed by atoms with Crippen molar-refractivity contribution in [2.24, 2.45) is 0 Å². The largest absolute Gasteiger partial charge is 0.455 e. The number of hydrogen-bond acceptors (Lipinski definition) is 4. The van der Waals surface area contributed by atoms with E-state index < -0.39 is 0 Å². The Morgan fingerprint density at radius 1 is 0.143 bits per heavy atom. The maximum atomic E-state index is 6.57. The van der Waals surface area contributed by atoms with Gasteiger partial charge in [0, 0.05) is 93.9 Å². The highest BCUT2D eigenvalue weighted by Gasteiger charge is 2.44. The number of benzene rings is 22. The number of anilines is 6. The van der Waals surface area contributed by atoms with Crippen LogP contribution in [-0.4, -0.2) is 0 Å². The van der Waals surface area contributed by atoms with Crippen molar-refractivity contribution in [1.82, 2.24) is 0 Å². The Morgan fingerprint density at radius 2 is 0.367 bits per heavy atom.